The van der Waals surface area contributed by atoms with Gasteiger partial charge in [-0.1, -0.05) is 16.5 Å². The van der Waals surface area contributed by atoms with E-state index >= 15 is 0 Å². The molecule has 0 radical (unpaired) electrons. The Hall–Kier alpha value is -1.48. The summed E-state index contributed by atoms with van der Waals surface area (Å²) < 4.78 is 0.780. The average Bonchev–Trinajstić information content (AvgIpc) is 2.86. The van der Waals surface area contributed by atoms with Gasteiger partial charge in [0, 0.05) is 6.42 Å². The van der Waals surface area contributed by atoms with Crippen molar-refractivity contribution < 1.29 is 19.5 Å². The van der Waals surface area contributed by atoms with E-state index in [0.29, 0.717) is 5.13 Å². The van der Waals surface area contributed by atoms with Crippen molar-refractivity contribution in [3.05, 3.63) is 9.98 Å². The summed E-state index contributed by atoms with van der Waals surface area (Å²) in [4.78, 5) is 30.9. The molecule has 1 aromatic rings. The molecule has 1 unspecified atom stereocenters. The first-order valence-corrected chi connectivity index (χ1v) is 6.05. The van der Waals surface area contributed by atoms with Gasteiger partial charge < -0.3 is 9.94 Å². The number of carbonyl (C=O) groups is 2. The number of nitrogens with one attached hydrogen (secondary N) is 1. The maximum absolute atomic E-state index is 11.6. The van der Waals surface area contributed by atoms with Crippen molar-refractivity contribution in [2.45, 2.75) is 12.5 Å². The SMILES string of the molecule is O=C(O)C1=NOC(C(=O)Nc2ncc(Br)s2)C1. The number of aliphatic carboxylic acids is 1. The van der Waals surface area contributed by atoms with E-state index in [1.54, 1.807) is 6.20 Å². The number of thiazole rings is 1. The van der Waals surface area contributed by atoms with E-state index in [4.69, 9.17) is 9.94 Å². The molecule has 1 aliphatic heterocycles. The molecule has 7 nitrogen and oxygen atoms in total. The Morgan fingerprint density at radius 3 is 2.94 bits per heavy atom. The molecule has 2 heterocycles. The van der Waals surface area contributed by atoms with Crippen molar-refractivity contribution in [3.63, 3.8) is 0 Å². The summed E-state index contributed by atoms with van der Waals surface area (Å²) >= 11 is 4.45. The Bertz CT molecular complexity index is 501. The lowest BCUT2D eigenvalue weighted by Gasteiger charge is -2.06. The highest BCUT2D eigenvalue weighted by atomic mass is 79.9. The van der Waals surface area contributed by atoms with Crippen LogP contribution in [-0.4, -0.2) is 33.8 Å². The van der Waals surface area contributed by atoms with Gasteiger partial charge in [0.05, 0.1) is 9.98 Å². The van der Waals surface area contributed by atoms with Crippen molar-refractivity contribution in [3.8, 4) is 0 Å². The van der Waals surface area contributed by atoms with Crippen LogP contribution >= 0.6 is 27.3 Å². The molecule has 1 atom stereocenters. The second-order valence-corrected chi connectivity index (χ2v) is 5.51. The molecule has 17 heavy (non-hydrogen) atoms. The van der Waals surface area contributed by atoms with Crippen LogP contribution in [0.25, 0.3) is 0 Å². The lowest BCUT2D eigenvalue weighted by Crippen LogP contribution is -2.28. The van der Waals surface area contributed by atoms with Gasteiger partial charge in [0.15, 0.2) is 10.8 Å². The van der Waals surface area contributed by atoms with E-state index in [1.807, 2.05) is 0 Å². The first kappa shape index (κ1) is 12.0. The van der Waals surface area contributed by atoms with Gasteiger partial charge in [-0.05, 0) is 15.9 Å². The standard InChI is InChI=1S/C8H6BrN3O4S/c9-5-2-10-8(17-5)11-6(13)4-1-3(7(14)15)12-16-4/h2,4H,1H2,(H,14,15)(H,10,11,13). The van der Waals surface area contributed by atoms with Crippen LogP contribution in [0.15, 0.2) is 15.1 Å². The van der Waals surface area contributed by atoms with Crippen molar-refractivity contribution >= 4 is 50.0 Å². The fraction of sp³-hybridized carbons (Fsp3) is 0.250. The zero-order chi connectivity index (χ0) is 12.4. The van der Waals surface area contributed by atoms with E-state index in [1.165, 1.54) is 11.3 Å². The minimum atomic E-state index is -1.18. The molecule has 0 bridgehead atoms. The second-order valence-electron chi connectivity index (χ2n) is 3.10. The smallest absolute Gasteiger partial charge is 0.353 e. The first-order valence-electron chi connectivity index (χ1n) is 4.44. The lowest BCUT2D eigenvalue weighted by molar-refractivity contribution is -0.129. The van der Waals surface area contributed by atoms with Gasteiger partial charge in [0.25, 0.3) is 5.91 Å². The number of nitrogens with zero attached hydrogens (tertiary/aromatic N) is 2. The molecule has 9 heteroatoms. The molecule has 0 aliphatic carbocycles. The van der Waals surface area contributed by atoms with Gasteiger partial charge >= 0.3 is 5.97 Å². The van der Waals surface area contributed by atoms with Gasteiger partial charge in [-0.15, -0.1) is 0 Å². The maximum Gasteiger partial charge on any atom is 0.353 e. The number of carboxylic acids is 1. The minimum Gasteiger partial charge on any atom is -0.477 e. The van der Waals surface area contributed by atoms with Gasteiger partial charge in [-0.2, -0.15) is 0 Å². The molecular formula is C8H6BrN3O4S. The summed E-state index contributed by atoms with van der Waals surface area (Å²) in [6.45, 7) is 0. The molecule has 1 aromatic heterocycles. The highest BCUT2D eigenvalue weighted by molar-refractivity contribution is 9.11. The Balaban J connectivity index is 1.93. The molecular weight excluding hydrogens is 314 g/mol. The number of hydrogen-bond donors (Lipinski definition) is 2. The molecule has 2 N–H and O–H groups in total. The number of carbonyl (C=O) groups excluding carboxylic acids is 1. The number of aromatic nitrogens is 1. The highest BCUT2D eigenvalue weighted by Crippen LogP contribution is 2.24. The molecule has 2 rings (SSSR count). The van der Waals surface area contributed by atoms with Crippen LogP contribution in [0.2, 0.25) is 0 Å². The zero-order valence-electron chi connectivity index (χ0n) is 8.21. The predicted octanol–water partition coefficient (Wildman–Crippen LogP) is 1.07. The average molecular weight is 320 g/mol. The zero-order valence-corrected chi connectivity index (χ0v) is 10.6. The molecule has 90 valence electrons. The van der Waals surface area contributed by atoms with E-state index in [9.17, 15) is 9.59 Å². The number of halogens is 1. The van der Waals surface area contributed by atoms with Crippen LogP contribution in [-0.2, 0) is 14.4 Å². The largest absolute Gasteiger partial charge is 0.477 e. The lowest BCUT2D eigenvalue weighted by atomic mass is 10.2. The molecule has 0 aromatic carbocycles. The predicted molar refractivity (Wildman–Crippen MR) is 63.0 cm³/mol. The fourth-order valence-electron chi connectivity index (χ4n) is 1.14. The normalized spacial score (nSPS) is 18.4. The van der Waals surface area contributed by atoms with Gasteiger partial charge in [-0.25, -0.2) is 9.78 Å². The highest BCUT2D eigenvalue weighted by Gasteiger charge is 2.31. The van der Waals surface area contributed by atoms with Gasteiger partial charge in [0.2, 0.25) is 6.10 Å². The first-order chi connectivity index (χ1) is 8.06. The Morgan fingerprint density at radius 1 is 1.65 bits per heavy atom. The number of amides is 1. The Labute approximate surface area is 108 Å². The van der Waals surface area contributed by atoms with Crippen molar-refractivity contribution in [2.24, 2.45) is 5.16 Å². The van der Waals surface area contributed by atoms with Crippen LogP contribution in [0.5, 0.6) is 0 Å². The summed E-state index contributed by atoms with van der Waals surface area (Å²) in [7, 11) is 0. The molecule has 0 spiro atoms. The van der Waals surface area contributed by atoms with Crippen LogP contribution in [0.3, 0.4) is 0 Å². The van der Waals surface area contributed by atoms with Gasteiger partial charge in [0.1, 0.15) is 0 Å². The third kappa shape index (κ3) is 2.80. The van der Waals surface area contributed by atoms with E-state index in [-0.39, 0.29) is 12.1 Å². The van der Waals surface area contributed by atoms with Crippen molar-refractivity contribution in [2.75, 3.05) is 5.32 Å². The number of oxime groups is 1. The molecule has 1 aliphatic rings. The second kappa shape index (κ2) is 4.80. The molecule has 0 saturated carbocycles. The number of carboxylic acid groups (broad SMARTS) is 1. The summed E-state index contributed by atoms with van der Waals surface area (Å²) in [6.07, 6.45) is 0.589. The Morgan fingerprint density at radius 2 is 2.41 bits per heavy atom. The molecule has 1 amide bonds. The summed E-state index contributed by atoms with van der Waals surface area (Å²) in [5.74, 6) is -1.65. The van der Waals surface area contributed by atoms with E-state index < -0.39 is 18.0 Å². The molecule has 0 saturated heterocycles. The van der Waals surface area contributed by atoms with Gasteiger partial charge in [-0.3, -0.25) is 10.1 Å². The molecule has 0 fully saturated rings. The van der Waals surface area contributed by atoms with Crippen LogP contribution in [0.1, 0.15) is 6.42 Å². The van der Waals surface area contributed by atoms with Crippen molar-refractivity contribution in [1.29, 1.82) is 0 Å². The number of rotatable bonds is 3. The van der Waals surface area contributed by atoms with E-state index in [0.717, 1.165) is 3.79 Å². The third-order valence-corrected chi connectivity index (χ3v) is 3.31. The third-order valence-electron chi connectivity index (χ3n) is 1.92. The quantitative estimate of drug-likeness (QED) is 0.868. The van der Waals surface area contributed by atoms with Crippen LogP contribution in [0.4, 0.5) is 5.13 Å². The summed E-state index contributed by atoms with van der Waals surface area (Å²) in [5, 5.41) is 14.9. The Kier molecular flexibility index (Phi) is 3.38. The number of hydrogen-bond acceptors (Lipinski definition) is 6. The summed E-state index contributed by atoms with van der Waals surface area (Å²) in [5.41, 5.74) is -0.162. The topological polar surface area (TPSA) is 101 Å². The maximum atomic E-state index is 11.6. The fourth-order valence-corrected chi connectivity index (χ4v) is 2.25. The van der Waals surface area contributed by atoms with Crippen molar-refractivity contribution in [1.82, 2.24) is 4.98 Å². The summed E-state index contributed by atoms with van der Waals surface area (Å²) in [6, 6.07) is 0. The van der Waals surface area contributed by atoms with Crippen LogP contribution in [0, 0.1) is 0 Å². The van der Waals surface area contributed by atoms with E-state index in [2.05, 4.69) is 31.4 Å². The monoisotopic (exact) mass is 319 g/mol. The minimum absolute atomic E-state index is 0.0479. The number of anilines is 1. The van der Waals surface area contributed by atoms with Crippen LogP contribution < -0.4 is 5.32 Å².